The van der Waals surface area contributed by atoms with Gasteiger partial charge in [-0.25, -0.2) is 0 Å². The van der Waals surface area contributed by atoms with Gasteiger partial charge in [-0.1, -0.05) is 39.8 Å². The summed E-state index contributed by atoms with van der Waals surface area (Å²) in [5, 5.41) is 10.2. The summed E-state index contributed by atoms with van der Waals surface area (Å²) in [6, 6.07) is 3.78. The first-order chi connectivity index (χ1) is 8.36. The van der Waals surface area contributed by atoms with Crippen molar-refractivity contribution >= 4 is 5.97 Å². The van der Waals surface area contributed by atoms with Gasteiger partial charge in [0.1, 0.15) is 5.75 Å². The summed E-state index contributed by atoms with van der Waals surface area (Å²) in [5.41, 5.74) is 2.67. The molecule has 100 valence electrons. The highest BCUT2D eigenvalue weighted by molar-refractivity contribution is 5.72. The van der Waals surface area contributed by atoms with Gasteiger partial charge in [0, 0.05) is 0 Å². The number of esters is 1. The monoisotopic (exact) mass is 250 g/mol. The summed E-state index contributed by atoms with van der Waals surface area (Å²) in [5.74, 6) is 0.541. The number of rotatable bonds is 4. The molecule has 0 spiro atoms. The number of ether oxygens (including phenoxy) is 1. The molecule has 1 aromatic carbocycles. The number of carbonyl (C=O) groups is 1. The molecular formula is C15H22O3. The van der Waals surface area contributed by atoms with Crippen molar-refractivity contribution in [3.8, 4) is 5.75 Å². The molecule has 18 heavy (non-hydrogen) atoms. The van der Waals surface area contributed by atoms with Gasteiger partial charge in [0.25, 0.3) is 0 Å². The van der Waals surface area contributed by atoms with E-state index in [2.05, 4.69) is 4.74 Å². The van der Waals surface area contributed by atoms with Crippen molar-refractivity contribution in [1.29, 1.82) is 0 Å². The minimum Gasteiger partial charge on any atom is -0.507 e. The van der Waals surface area contributed by atoms with Crippen LogP contribution in [0.2, 0.25) is 0 Å². The van der Waals surface area contributed by atoms with Crippen LogP contribution < -0.4 is 0 Å². The first-order valence-corrected chi connectivity index (χ1v) is 6.29. The van der Waals surface area contributed by atoms with E-state index in [1.54, 1.807) is 0 Å². The Balaban J connectivity index is 3.24. The van der Waals surface area contributed by atoms with Crippen LogP contribution in [-0.2, 0) is 16.0 Å². The maximum absolute atomic E-state index is 11.3. The van der Waals surface area contributed by atoms with E-state index in [9.17, 15) is 9.90 Å². The molecule has 3 nitrogen and oxygen atoms in total. The van der Waals surface area contributed by atoms with Gasteiger partial charge in [0.15, 0.2) is 0 Å². The highest BCUT2D eigenvalue weighted by Gasteiger charge is 2.16. The lowest BCUT2D eigenvalue weighted by atomic mass is 9.91. The molecule has 0 unspecified atom stereocenters. The van der Waals surface area contributed by atoms with Crippen LogP contribution in [0, 0.1) is 0 Å². The Morgan fingerprint density at radius 1 is 1.17 bits per heavy atom. The minimum absolute atomic E-state index is 0.222. The molecule has 0 fully saturated rings. The normalized spacial score (nSPS) is 11.1. The minimum atomic E-state index is -0.259. The smallest absolute Gasteiger partial charge is 0.309 e. The van der Waals surface area contributed by atoms with E-state index >= 15 is 0 Å². The van der Waals surface area contributed by atoms with Gasteiger partial charge in [-0.3, -0.25) is 4.79 Å². The Labute approximate surface area is 109 Å². The predicted octanol–water partition coefficient (Wildman–Crippen LogP) is 3.35. The van der Waals surface area contributed by atoms with Crippen molar-refractivity contribution in [1.82, 2.24) is 0 Å². The molecule has 1 rings (SSSR count). The van der Waals surface area contributed by atoms with Crippen molar-refractivity contribution in [2.75, 3.05) is 7.11 Å². The average molecular weight is 250 g/mol. The highest BCUT2D eigenvalue weighted by atomic mass is 16.5. The zero-order valence-electron chi connectivity index (χ0n) is 11.8. The van der Waals surface area contributed by atoms with Crippen LogP contribution in [0.4, 0.5) is 0 Å². The second-order valence-electron chi connectivity index (χ2n) is 5.19. The molecule has 3 heteroatoms. The number of hydrogen-bond acceptors (Lipinski definition) is 3. The van der Waals surface area contributed by atoms with E-state index in [0.29, 0.717) is 5.75 Å². The number of benzene rings is 1. The zero-order valence-corrected chi connectivity index (χ0v) is 11.8. The summed E-state index contributed by atoms with van der Waals surface area (Å²) < 4.78 is 4.68. The van der Waals surface area contributed by atoms with Crippen molar-refractivity contribution in [3.63, 3.8) is 0 Å². The van der Waals surface area contributed by atoms with Crippen molar-refractivity contribution in [3.05, 3.63) is 28.8 Å². The third kappa shape index (κ3) is 3.25. The lowest BCUT2D eigenvalue weighted by Crippen LogP contribution is -2.06. The molecule has 0 heterocycles. The molecule has 0 bridgehead atoms. The lowest BCUT2D eigenvalue weighted by molar-refractivity contribution is -0.139. The SMILES string of the molecule is COC(=O)Cc1cc(C(C)C)c(O)c(C(C)C)c1. The van der Waals surface area contributed by atoms with Crippen LogP contribution in [-0.4, -0.2) is 18.2 Å². The number of carbonyl (C=O) groups excluding carboxylic acids is 1. The standard InChI is InChI=1S/C15H22O3/c1-9(2)12-6-11(8-14(16)18-5)7-13(10(3)4)15(12)17/h6-7,9-10,17H,8H2,1-5H3. The highest BCUT2D eigenvalue weighted by Crippen LogP contribution is 2.34. The molecule has 0 atom stereocenters. The third-order valence-electron chi connectivity index (χ3n) is 3.05. The molecule has 0 saturated heterocycles. The van der Waals surface area contributed by atoms with Gasteiger partial charge in [-0.2, -0.15) is 0 Å². The number of aromatic hydroxyl groups is 1. The Morgan fingerprint density at radius 3 is 1.94 bits per heavy atom. The quantitative estimate of drug-likeness (QED) is 0.833. The van der Waals surface area contributed by atoms with Gasteiger partial charge in [-0.05, 0) is 28.5 Å². The van der Waals surface area contributed by atoms with Crippen LogP contribution in [0.15, 0.2) is 12.1 Å². The van der Waals surface area contributed by atoms with E-state index < -0.39 is 0 Å². The maximum atomic E-state index is 11.3. The summed E-state index contributed by atoms with van der Waals surface area (Å²) in [6.07, 6.45) is 0.246. The molecule has 0 amide bonds. The molecule has 0 aliphatic rings. The first kappa shape index (κ1) is 14.6. The fraction of sp³-hybridized carbons (Fsp3) is 0.533. The molecule has 0 saturated carbocycles. The van der Waals surface area contributed by atoms with Crippen LogP contribution in [0.5, 0.6) is 5.75 Å². The predicted molar refractivity (Wildman–Crippen MR) is 72.0 cm³/mol. The van der Waals surface area contributed by atoms with E-state index in [1.807, 2.05) is 39.8 Å². The number of hydrogen-bond donors (Lipinski definition) is 1. The first-order valence-electron chi connectivity index (χ1n) is 6.29. The van der Waals surface area contributed by atoms with Crippen LogP contribution in [0.25, 0.3) is 0 Å². The van der Waals surface area contributed by atoms with Crippen LogP contribution in [0.1, 0.15) is 56.2 Å². The van der Waals surface area contributed by atoms with E-state index in [1.165, 1.54) is 7.11 Å². The number of phenols is 1. The fourth-order valence-electron chi connectivity index (χ4n) is 1.97. The molecule has 1 N–H and O–H groups in total. The van der Waals surface area contributed by atoms with Gasteiger partial charge >= 0.3 is 5.97 Å². The van der Waals surface area contributed by atoms with Gasteiger partial charge < -0.3 is 9.84 Å². The Bertz CT molecular complexity index is 404. The molecular weight excluding hydrogens is 228 g/mol. The molecule has 0 aliphatic heterocycles. The van der Waals surface area contributed by atoms with Gasteiger partial charge in [0.05, 0.1) is 13.5 Å². The third-order valence-corrected chi connectivity index (χ3v) is 3.05. The fourth-order valence-corrected chi connectivity index (χ4v) is 1.97. The lowest BCUT2D eigenvalue weighted by Gasteiger charge is -2.17. The average Bonchev–Trinajstić information content (AvgIpc) is 2.30. The molecule has 0 aromatic heterocycles. The Kier molecular flexibility index (Phi) is 4.76. The van der Waals surface area contributed by atoms with Crippen molar-refractivity contribution in [2.45, 2.75) is 46.0 Å². The van der Waals surface area contributed by atoms with E-state index in [4.69, 9.17) is 0 Å². The molecule has 1 aromatic rings. The van der Waals surface area contributed by atoms with Crippen molar-refractivity contribution < 1.29 is 14.6 Å². The Hall–Kier alpha value is -1.51. The summed E-state index contributed by atoms with van der Waals surface area (Å²) in [4.78, 5) is 11.3. The number of methoxy groups -OCH3 is 1. The largest absolute Gasteiger partial charge is 0.507 e. The Morgan fingerprint density at radius 2 is 1.61 bits per heavy atom. The van der Waals surface area contributed by atoms with Crippen molar-refractivity contribution in [2.24, 2.45) is 0 Å². The van der Waals surface area contributed by atoms with E-state index in [-0.39, 0.29) is 24.2 Å². The second-order valence-corrected chi connectivity index (χ2v) is 5.19. The molecule has 0 aliphatic carbocycles. The summed E-state index contributed by atoms with van der Waals surface area (Å²) >= 11 is 0. The number of phenolic OH excluding ortho intramolecular Hbond substituents is 1. The molecule has 0 radical (unpaired) electrons. The van der Waals surface area contributed by atoms with Gasteiger partial charge in [0.2, 0.25) is 0 Å². The summed E-state index contributed by atoms with van der Waals surface area (Å²) in [7, 11) is 1.38. The van der Waals surface area contributed by atoms with Crippen LogP contribution in [0.3, 0.4) is 0 Å². The second kappa shape index (κ2) is 5.89. The van der Waals surface area contributed by atoms with Crippen LogP contribution >= 0.6 is 0 Å². The maximum Gasteiger partial charge on any atom is 0.309 e. The van der Waals surface area contributed by atoms with Gasteiger partial charge in [-0.15, -0.1) is 0 Å². The van der Waals surface area contributed by atoms with E-state index in [0.717, 1.165) is 16.7 Å². The summed E-state index contributed by atoms with van der Waals surface area (Å²) in [6.45, 7) is 8.12. The topological polar surface area (TPSA) is 46.5 Å². The zero-order chi connectivity index (χ0) is 13.9.